The fourth-order valence-electron chi connectivity index (χ4n) is 2.82. The van der Waals surface area contributed by atoms with Crippen molar-refractivity contribution in [1.29, 1.82) is 0 Å². The average molecular weight is 203 g/mol. The van der Waals surface area contributed by atoms with E-state index in [9.17, 15) is 0 Å². The van der Waals surface area contributed by atoms with Crippen LogP contribution < -0.4 is 10.2 Å². The SMILES string of the molecule is c1ccc(N2CCC3(CCNC3)C2)nc1. The van der Waals surface area contributed by atoms with Gasteiger partial charge in [0.15, 0.2) is 0 Å². The van der Waals surface area contributed by atoms with Gasteiger partial charge in [0.1, 0.15) is 5.82 Å². The van der Waals surface area contributed by atoms with E-state index in [4.69, 9.17) is 0 Å². The summed E-state index contributed by atoms with van der Waals surface area (Å²) in [6.07, 6.45) is 4.53. The van der Waals surface area contributed by atoms with Gasteiger partial charge in [0.2, 0.25) is 0 Å². The van der Waals surface area contributed by atoms with Gasteiger partial charge in [0, 0.05) is 31.2 Å². The first kappa shape index (κ1) is 9.16. The molecule has 0 aromatic carbocycles. The van der Waals surface area contributed by atoms with Crippen LogP contribution in [-0.4, -0.2) is 31.2 Å². The van der Waals surface area contributed by atoms with E-state index in [1.54, 1.807) is 0 Å². The van der Waals surface area contributed by atoms with Crippen molar-refractivity contribution in [3.05, 3.63) is 24.4 Å². The lowest BCUT2D eigenvalue weighted by Crippen LogP contribution is -2.29. The molecule has 1 unspecified atom stereocenters. The summed E-state index contributed by atoms with van der Waals surface area (Å²) in [6.45, 7) is 4.72. The number of nitrogens with one attached hydrogen (secondary N) is 1. The predicted molar refractivity (Wildman–Crippen MR) is 61.0 cm³/mol. The Kier molecular flexibility index (Phi) is 2.13. The minimum atomic E-state index is 0.539. The second kappa shape index (κ2) is 3.49. The molecule has 2 saturated heterocycles. The number of hydrogen-bond donors (Lipinski definition) is 1. The van der Waals surface area contributed by atoms with Crippen LogP contribution in [0.4, 0.5) is 5.82 Å². The summed E-state index contributed by atoms with van der Waals surface area (Å²) in [5.41, 5.74) is 0.539. The molecular formula is C12H17N3. The van der Waals surface area contributed by atoms with E-state index < -0.39 is 0 Å². The van der Waals surface area contributed by atoms with E-state index in [1.807, 2.05) is 12.3 Å². The molecule has 0 radical (unpaired) electrons. The van der Waals surface area contributed by atoms with Gasteiger partial charge in [0.25, 0.3) is 0 Å². The molecule has 0 aliphatic carbocycles. The Balaban J connectivity index is 1.76. The van der Waals surface area contributed by atoms with Crippen molar-refractivity contribution in [3.8, 4) is 0 Å². The van der Waals surface area contributed by atoms with Crippen LogP contribution in [0.25, 0.3) is 0 Å². The molecule has 1 aromatic heterocycles. The molecule has 0 saturated carbocycles. The molecule has 1 spiro atoms. The molecule has 3 rings (SSSR count). The lowest BCUT2D eigenvalue weighted by atomic mass is 9.87. The summed E-state index contributed by atoms with van der Waals surface area (Å²) >= 11 is 0. The van der Waals surface area contributed by atoms with Gasteiger partial charge in [-0.1, -0.05) is 6.07 Å². The highest BCUT2D eigenvalue weighted by Gasteiger charge is 2.40. The summed E-state index contributed by atoms with van der Waals surface area (Å²) in [5, 5.41) is 3.48. The van der Waals surface area contributed by atoms with Gasteiger partial charge in [-0.25, -0.2) is 4.98 Å². The van der Waals surface area contributed by atoms with Crippen molar-refractivity contribution >= 4 is 5.82 Å². The average Bonchev–Trinajstić information content (AvgIpc) is 2.91. The molecule has 1 N–H and O–H groups in total. The van der Waals surface area contributed by atoms with E-state index in [0.717, 1.165) is 5.82 Å². The molecule has 1 atom stereocenters. The molecule has 15 heavy (non-hydrogen) atoms. The Morgan fingerprint density at radius 1 is 1.33 bits per heavy atom. The Morgan fingerprint density at radius 2 is 2.33 bits per heavy atom. The van der Waals surface area contributed by atoms with Gasteiger partial charge in [0.05, 0.1) is 0 Å². The first-order valence-electron chi connectivity index (χ1n) is 5.75. The molecular weight excluding hydrogens is 186 g/mol. The Hall–Kier alpha value is -1.09. The van der Waals surface area contributed by atoms with Crippen LogP contribution in [0.5, 0.6) is 0 Å². The quantitative estimate of drug-likeness (QED) is 0.745. The molecule has 1 aromatic rings. The number of aromatic nitrogens is 1. The molecule has 0 amide bonds. The third-order valence-electron chi connectivity index (χ3n) is 3.74. The van der Waals surface area contributed by atoms with E-state index in [0.29, 0.717) is 5.41 Å². The number of pyridine rings is 1. The van der Waals surface area contributed by atoms with E-state index >= 15 is 0 Å². The highest BCUT2D eigenvalue weighted by Crippen LogP contribution is 2.37. The van der Waals surface area contributed by atoms with E-state index in [1.165, 1.54) is 39.0 Å². The van der Waals surface area contributed by atoms with Crippen molar-refractivity contribution in [3.63, 3.8) is 0 Å². The van der Waals surface area contributed by atoms with Crippen LogP contribution >= 0.6 is 0 Å². The fraction of sp³-hybridized carbons (Fsp3) is 0.583. The topological polar surface area (TPSA) is 28.2 Å². The van der Waals surface area contributed by atoms with Crippen LogP contribution in [0.2, 0.25) is 0 Å². The summed E-state index contributed by atoms with van der Waals surface area (Å²) in [4.78, 5) is 6.84. The van der Waals surface area contributed by atoms with Crippen LogP contribution in [-0.2, 0) is 0 Å². The molecule has 0 bridgehead atoms. The third-order valence-corrected chi connectivity index (χ3v) is 3.74. The molecule has 2 aliphatic heterocycles. The molecule has 3 heteroatoms. The van der Waals surface area contributed by atoms with Crippen molar-refractivity contribution in [2.75, 3.05) is 31.1 Å². The molecule has 2 aliphatic rings. The highest BCUT2D eigenvalue weighted by atomic mass is 15.2. The maximum absolute atomic E-state index is 4.42. The van der Waals surface area contributed by atoms with Crippen molar-refractivity contribution in [2.24, 2.45) is 5.41 Å². The van der Waals surface area contributed by atoms with E-state index in [-0.39, 0.29) is 0 Å². The summed E-state index contributed by atoms with van der Waals surface area (Å²) < 4.78 is 0. The first-order valence-corrected chi connectivity index (χ1v) is 5.75. The van der Waals surface area contributed by atoms with Crippen LogP contribution in [0, 0.1) is 5.41 Å². The lowest BCUT2D eigenvalue weighted by molar-refractivity contribution is 0.369. The Bertz CT molecular complexity index is 330. The minimum absolute atomic E-state index is 0.539. The fourth-order valence-corrected chi connectivity index (χ4v) is 2.82. The van der Waals surface area contributed by atoms with Gasteiger partial charge < -0.3 is 10.2 Å². The minimum Gasteiger partial charge on any atom is -0.356 e. The van der Waals surface area contributed by atoms with Gasteiger partial charge in [-0.05, 0) is 31.5 Å². The number of anilines is 1. The zero-order chi connectivity index (χ0) is 10.1. The maximum atomic E-state index is 4.42. The molecule has 3 heterocycles. The van der Waals surface area contributed by atoms with Crippen molar-refractivity contribution in [2.45, 2.75) is 12.8 Å². The molecule has 3 nitrogen and oxygen atoms in total. The van der Waals surface area contributed by atoms with Crippen LogP contribution in [0.3, 0.4) is 0 Å². The summed E-state index contributed by atoms with van der Waals surface area (Å²) in [7, 11) is 0. The summed E-state index contributed by atoms with van der Waals surface area (Å²) in [6, 6.07) is 6.16. The van der Waals surface area contributed by atoms with Gasteiger partial charge >= 0.3 is 0 Å². The van der Waals surface area contributed by atoms with Gasteiger partial charge in [-0.15, -0.1) is 0 Å². The highest BCUT2D eigenvalue weighted by molar-refractivity contribution is 5.40. The molecule has 80 valence electrons. The zero-order valence-electron chi connectivity index (χ0n) is 8.95. The van der Waals surface area contributed by atoms with Crippen molar-refractivity contribution in [1.82, 2.24) is 10.3 Å². The zero-order valence-corrected chi connectivity index (χ0v) is 8.95. The van der Waals surface area contributed by atoms with Gasteiger partial charge in [-0.3, -0.25) is 0 Å². The second-order valence-corrected chi connectivity index (χ2v) is 4.79. The van der Waals surface area contributed by atoms with E-state index in [2.05, 4.69) is 27.3 Å². The Morgan fingerprint density at radius 3 is 3.07 bits per heavy atom. The largest absolute Gasteiger partial charge is 0.356 e. The van der Waals surface area contributed by atoms with Crippen LogP contribution in [0.1, 0.15) is 12.8 Å². The molecule has 2 fully saturated rings. The lowest BCUT2D eigenvalue weighted by Gasteiger charge is -2.23. The van der Waals surface area contributed by atoms with Gasteiger partial charge in [-0.2, -0.15) is 0 Å². The monoisotopic (exact) mass is 203 g/mol. The predicted octanol–water partition coefficient (Wildman–Crippen LogP) is 1.27. The number of nitrogens with zero attached hydrogens (tertiary/aromatic N) is 2. The first-order chi connectivity index (χ1) is 7.38. The maximum Gasteiger partial charge on any atom is 0.128 e. The van der Waals surface area contributed by atoms with Crippen molar-refractivity contribution < 1.29 is 0 Å². The third kappa shape index (κ3) is 1.61. The number of hydrogen-bond acceptors (Lipinski definition) is 3. The normalized spacial score (nSPS) is 30.3. The second-order valence-electron chi connectivity index (χ2n) is 4.79. The van der Waals surface area contributed by atoms with Crippen LogP contribution in [0.15, 0.2) is 24.4 Å². The smallest absolute Gasteiger partial charge is 0.128 e. The standard InChI is InChI=1S/C12H17N3/c1-2-6-14-11(3-1)15-8-5-12(10-15)4-7-13-9-12/h1-3,6,13H,4-5,7-10H2. The summed E-state index contributed by atoms with van der Waals surface area (Å²) in [5.74, 6) is 1.14. The Labute approximate surface area is 90.5 Å². The number of rotatable bonds is 1.